The number of halogens is 2. The van der Waals surface area contributed by atoms with Gasteiger partial charge in [0, 0.05) is 5.56 Å². The summed E-state index contributed by atoms with van der Waals surface area (Å²) in [6.07, 6.45) is 0. The summed E-state index contributed by atoms with van der Waals surface area (Å²) in [6.45, 7) is 7.43. The van der Waals surface area contributed by atoms with Crippen LogP contribution in [-0.2, 0) is 5.54 Å². The van der Waals surface area contributed by atoms with Gasteiger partial charge in [-0.1, -0.05) is 0 Å². The first kappa shape index (κ1) is 13.5. The molecule has 0 aliphatic heterocycles. The van der Waals surface area contributed by atoms with Gasteiger partial charge in [-0.2, -0.15) is 5.10 Å². The van der Waals surface area contributed by atoms with Gasteiger partial charge in [-0.3, -0.25) is 4.68 Å². The van der Waals surface area contributed by atoms with E-state index in [1.807, 2.05) is 20.8 Å². The second-order valence-electron chi connectivity index (χ2n) is 5.49. The summed E-state index contributed by atoms with van der Waals surface area (Å²) in [5.74, 6) is -1.31. The monoisotopic (exact) mass is 266 g/mol. The van der Waals surface area contributed by atoms with Crippen LogP contribution in [-0.4, -0.2) is 14.9 Å². The van der Waals surface area contributed by atoms with Crippen molar-refractivity contribution in [2.75, 3.05) is 0 Å². The van der Waals surface area contributed by atoms with E-state index in [9.17, 15) is 13.9 Å². The average molecular weight is 266 g/mol. The summed E-state index contributed by atoms with van der Waals surface area (Å²) in [4.78, 5) is 0. The first-order valence-corrected chi connectivity index (χ1v) is 5.96. The SMILES string of the molecule is Cc1c(O)c(-c2cc(F)ccc2F)nn1C(C)(C)C. The number of aromatic nitrogens is 2. The van der Waals surface area contributed by atoms with Crippen molar-refractivity contribution >= 4 is 0 Å². The molecule has 102 valence electrons. The van der Waals surface area contributed by atoms with Crippen LogP contribution in [0.2, 0.25) is 0 Å². The lowest BCUT2D eigenvalue weighted by molar-refractivity contribution is 0.345. The van der Waals surface area contributed by atoms with Crippen molar-refractivity contribution in [3.05, 3.63) is 35.5 Å². The molecule has 3 nitrogen and oxygen atoms in total. The zero-order valence-electron chi connectivity index (χ0n) is 11.3. The van der Waals surface area contributed by atoms with E-state index in [0.29, 0.717) is 5.69 Å². The predicted molar refractivity (Wildman–Crippen MR) is 69.0 cm³/mol. The van der Waals surface area contributed by atoms with Crippen molar-refractivity contribution in [1.82, 2.24) is 9.78 Å². The third-order valence-electron chi connectivity index (χ3n) is 2.90. The Kier molecular flexibility index (Phi) is 3.08. The van der Waals surface area contributed by atoms with E-state index in [1.54, 1.807) is 11.6 Å². The summed E-state index contributed by atoms with van der Waals surface area (Å²) in [5.41, 5.74) is 0.183. The summed E-state index contributed by atoms with van der Waals surface area (Å²) >= 11 is 0. The molecule has 0 saturated carbocycles. The van der Waals surface area contributed by atoms with Gasteiger partial charge < -0.3 is 5.11 Å². The van der Waals surface area contributed by atoms with Crippen molar-refractivity contribution in [3.8, 4) is 17.0 Å². The maximum atomic E-state index is 13.7. The zero-order valence-corrected chi connectivity index (χ0v) is 11.3. The fraction of sp³-hybridized carbons (Fsp3) is 0.357. The minimum atomic E-state index is -0.616. The molecule has 5 heteroatoms. The Balaban J connectivity index is 2.67. The highest BCUT2D eigenvalue weighted by atomic mass is 19.1. The normalized spacial score (nSPS) is 11.9. The lowest BCUT2D eigenvalue weighted by Crippen LogP contribution is -2.24. The van der Waals surface area contributed by atoms with Crippen LogP contribution in [0.15, 0.2) is 18.2 Å². The summed E-state index contributed by atoms with van der Waals surface area (Å²) in [5, 5.41) is 14.3. The second-order valence-corrected chi connectivity index (χ2v) is 5.49. The van der Waals surface area contributed by atoms with E-state index in [4.69, 9.17) is 0 Å². The van der Waals surface area contributed by atoms with Crippen LogP contribution in [0.3, 0.4) is 0 Å². The molecular weight excluding hydrogens is 250 g/mol. The Bertz CT molecular complexity index is 627. The molecule has 0 fully saturated rings. The molecule has 0 bridgehead atoms. The number of aromatic hydroxyl groups is 1. The third kappa shape index (κ3) is 2.32. The molecule has 0 unspecified atom stereocenters. The quantitative estimate of drug-likeness (QED) is 0.856. The molecular formula is C14H16F2N2O. The molecule has 1 N–H and O–H groups in total. The first-order valence-electron chi connectivity index (χ1n) is 5.96. The molecule has 19 heavy (non-hydrogen) atoms. The molecule has 0 aliphatic carbocycles. The van der Waals surface area contributed by atoms with Crippen LogP contribution >= 0.6 is 0 Å². The number of rotatable bonds is 1. The highest BCUT2D eigenvalue weighted by Gasteiger charge is 2.24. The smallest absolute Gasteiger partial charge is 0.164 e. The van der Waals surface area contributed by atoms with E-state index in [0.717, 1.165) is 18.2 Å². The topological polar surface area (TPSA) is 38.1 Å². The Hall–Kier alpha value is -1.91. The molecule has 2 aromatic rings. The van der Waals surface area contributed by atoms with E-state index < -0.39 is 11.6 Å². The minimum Gasteiger partial charge on any atom is -0.504 e. The molecule has 0 radical (unpaired) electrons. The average Bonchev–Trinajstić information content (AvgIpc) is 2.59. The predicted octanol–water partition coefficient (Wildman–Crippen LogP) is 3.60. The Labute approximate surface area is 110 Å². The van der Waals surface area contributed by atoms with Gasteiger partial charge >= 0.3 is 0 Å². The van der Waals surface area contributed by atoms with Crippen LogP contribution in [0.25, 0.3) is 11.3 Å². The van der Waals surface area contributed by atoms with Crippen molar-refractivity contribution in [3.63, 3.8) is 0 Å². The second kappa shape index (κ2) is 4.33. The molecule has 0 aliphatic rings. The Morgan fingerprint density at radius 2 is 1.84 bits per heavy atom. The lowest BCUT2D eigenvalue weighted by Gasteiger charge is -2.20. The van der Waals surface area contributed by atoms with E-state index >= 15 is 0 Å². The molecule has 0 atom stereocenters. The van der Waals surface area contributed by atoms with E-state index in [-0.39, 0.29) is 22.5 Å². The maximum absolute atomic E-state index is 13.7. The maximum Gasteiger partial charge on any atom is 0.164 e. The Morgan fingerprint density at radius 3 is 2.37 bits per heavy atom. The molecule has 1 aromatic carbocycles. The molecule has 2 rings (SSSR count). The van der Waals surface area contributed by atoms with Crippen molar-refractivity contribution < 1.29 is 13.9 Å². The van der Waals surface area contributed by atoms with Gasteiger partial charge in [-0.25, -0.2) is 8.78 Å². The summed E-state index contributed by atoms with van der Waals surface area (Å²) in [6, 6.07) is 3.09. The third-order valence-corrected chi connectivity index (χ3v) is 2.90. The van der Waals surface area contributed by atoms with Crippen LogP contribution in [0.1, 0.15) is 26.5 Å². The molecule has 0 amide bonds. The van der Waals surface area contributed by atoms with Crippen LogP contribution < -0.4 is 0 Å². The number of nitrogens with zero attached hydrogens (tertiary/aromatic N) is 2. The van der Waals surface area contributed by atoms with Crippen molar-refractivity contribution in [2.45, 2.75) is 33.2 Å². The van der Waals surface area contributed by atoms with E-state index in [1.165, 1.54) is 0 Å². The largest absolute Gasteiger partial charge is 0.504 e. The lowest BCUT2D eigenvalue weighted by atomic mass is 10.1. The first-order chi connectivity index (χ1) is 8.71. The standard InChI is InChI=1S/C14H16F2N2O/c1-8-13(19)12(17-18(8)14(2,3)4)10-7-9(15)5-6-11(10)16/h5-7,19H,1-4H3. The number of hydrogen-bond acceptors (Lipinski definition) is 2. The highest BCUT2D eigenvalue weighted by Crippen LogP contribution is 2.35. The molecule has 1 aromatic heterocycles. The van der Waals surface area contributed by atoms with Gasteiger partial charge in [0.05, 0.1) is 11.2 Å². The summed E-state index contributed by atoms with van der Waals surface area (Å²) in [7, 11) is 0. The molecule has 0 spiro atoms. The van der Waals surface area contributed by atoms with Crippen molar-refractivity contribution in [1.29, 1.82) is 0 Å². The van der Waals surface area contributed by atoms with Crippen LogP contribution in [0.5, 0.6) is 5.75 Å². The number of hydrogen-bond donors (Lipinski definition) is 1. The minimum absolute atomic E-state index is 0.0383. The van der Waals surface area contributed by atoms with Crippen molar-refractivity contribution in [2.24, 2.45) is 0 Å². The van der Waals surface area contributed by atoms with Crippen LogP contribution in [0, 0.1) is 18.6 Å². The van der Waals surface area contributed by atoms with Gasteiger partial charge in [-0.15, -0.1) is 0 Å². The number of benzene rings is 1. The van der Waals surface area contributed by atoms with E-state index in [2.05, 4.69) is 5.10 Å². The zero-order chi connectivity index (χ0) is 14.4. The van der Waals surface area contributed by atoms with Gasteiger partial charge in [0.15, 0.2) is 5.75 Å². The van der Waals surface area contributed by atoms with Crippen LogP contribution in [0.4, 0.5) is 8.78 Å². The van der Waals surface area contributed by atoms with Gasteiger partial charge in [-0.05, 0) is 45.9 Å². The summed E-state index contributed by atoms with van der Waals surface area (Å²) < 4.78 is 28.6. The van der Waals surface area contributed by atoms with Gasteiger partial charge in [0.1, 0.15) is 17.3 Å². The fourth-order valence-corrected chi connectivity index (χ4v) is 2.01. The van der Waals surface area contributed by atoms with Gasteiger partial charge in [0.25, 0.3) is 0 Å². The highest BCUT2D eigenvalue weighted by molar-refractivity contribution is 5.67. The fourth-order valence-electron chi connectivity index (χ4n) is 2.01. The molecule has 1 heterocycles. The van der Waals surface area contributed by atoms with Gasteiger partial charge in [0.2, 0.25) is 0 Å². The Morgan fingerprint density at radius 1 is 1.21 bits per heavy atom. The molecule has 0 saturated heterocycles.